The van der Waals surface area contributed by atoms with Gasteiger partial charge in [-0.25, -0.2) is 0 Å². The van der Waals surface area contributed by atoms with Crippen molar-refractivity contribution < 1.29 is 0 Å². The first-order chi connectivity index (χ1) is 54.5. The molecule has 0 unspecified atom stereocenters. The van der Waals surface area contributed by atoms with Gasteiger partial charge in [0, 0.05) is 127 Å². The molecule has 14 aromatic rings. The molecule has 0 amide bonds. The van der Waals surface area contributed by atoms with Crippen LogP contribution in [0.25, 0.3) is 77.9 Å². The standard InChI is InChI=1S/2C16H17N.5C15H15N/c1-9-5-6-13-8-14-12(4)17-11(3)10(2)16(14)15(13)7-9;1-9-6-5-7-13-8-14-12(4)17-11(3)10(2)16(14)15(9)13;1-9-4-5-14-12(6-9)7-13-8-16-11(3)10(2)15(13)14;1-9-4-5-12-7-13-8-16-11(3)10(2)15(13)14(12)6-9;1-9-5-4-6-13-14(9)7-12-8-16-11(3)10(2)15(12)13;1-9-5-4-6-12-7-13-8-16-11(3)10(2)15(13)14(9)12;1-9-10(2)16-11(3)14-8-12-6-4-5-7-13(12)15(9)14/h2*5-7H,8H2,1-4H3;4*4-6,8H,7H2,1-3H3;4-7H,8H2,1-3H3. The molecule has 114 heavy (non-hydrogen) atoms. The van der Waals surface area contributed by atoms with Gasteiger partial charge >= 0.3 is 0 Å². The maximum atomic E-state index is 4.66. The first kappa shape index (κ1) is 77.9. The summed E-state index contributed by atoms with van der Waals surface area (Å²) in [5.74, 6) is 0. The lowest BCUT2D eigenvalue weighted by Gasteiger charge is -2.12. The lowest BCUT2D eigenvalue weighted by molar-refractivity contribution is 1.05. The van der Waals surface area contributed by atoms with Crippen LogP contribution in [0.4, 0.5) is 0 Å². The molecule has 7 heterocycles. The van der Waals surface area contributed by atoms with E-state index in [0.717, 1.165) is 84.8 Å². The number of aromatic nitrogens is 7. The van der Waals surface area contributed by atoms with Gasteiger partial charge in [0.25, 0.3) is 0 Å². The van der Waals surface area contributed by atoms with Crippen LogP contribution in [0, 0.1) is 159 Å². The second-order valence-corrected chi connectivity index (χ2v) is 33.5. The van der Waals surface area contributed by atoms with Crippen LogP contribution in [0.5, 0.6) is 0 Å². The first-order valence-corrected chi connectivity index (χ1v) is 40.9. The minimum Gasteiger partial charge on any atom is -0.261 e. The molecule has 0 saturated heterocycles. The van der Waals surface area contributed by atoms with E-state index in [0.29, 0.717) is 0 Å². The number of nitrogens with zero attached hydrogens (tertiary/aromatic N) is 7. The smallest absolute Gasteiger partial charge is 0.0417 e. The van der Waals surface area contributed by atoms with Crippen molar-refractivity contribution in [3.05, 3.63) is 365 Å². The molecule has 0 spiro atoms. The Morgan fingerprint density at radius 2 is 0.500 bits per heavy atom. The maximum Gasteiger partial charge on any atom is 0.0417 e. The van der Waals surface area contributed by atoms with Crippen molar-refractivity contribution in [2.75, 3.05) is 0 Å². The van der Waals surface area contributed by atoms with E-state index in [1.54, 1.807) is 0 Å². The van der Waals surface area contributed by atoms with Crippen molar-refractivity contribution in [2.24, 2.45) is 0 Å². The largest absolute Gasteiger partial charge is 0.261 e. The van der Waals surface area contributed by atoms with Crippen molar-refractivity contribution in [3.8, 4) is 77.9 Å². The van der Waals surface area contributed by atoms with Crippen molar-refractivity contribution in [1.82, 2.24) is 34.9 Å². The Morgan fingerprint density at radius 3 is 1.04 bits per heavy atom. The number of hydrogen-bond acceptors (Lipinski definition) is 7. The topological polar surface area (TPSA) is 90.2 Å². The van der Waals surface area contributed by atoms with Gasteiger partial charge in [-0.2, -0.15) is 0 Å². The summed E-state index contributed by atoms with van der Waals surface area (Å²) in [5.41, 5.74) is 69.1. The molecule has 7 nitrogen and oxygen atoms in total. The lowest BCUT2D eigenvalue weighted by atomic mass is 9.96. The van der Waals surface area contributed by atoms with Crippen LogP contribution in [0.2, 0.25) is 0 Å². The summed E-state index contributed by atoms with van der Waals surface area (Å²) >= 11 is 0. The number of benzene rings is 7. The van der Waals surface area contributed by atoms with Crippen LogP contribution in [-0.2, 0) is 44.9 Å². The molecule has 21 rings (SSSR count). The number of rotatable bonds is 0. The summed E-state index contributed by atoms with van der Waals surface area (Å²) in [7, 11) is 0. The molecular formula is C107H109N7. The second kappa shape index (κ2) is 31.2. The molecule has 7 aliphatic carbocycles. The van der Waals surface area contributed by atoms with Crippen molar-refractivity contribution in [3.63, 3.8) is 0 Å². The van der Waals surface area contributed by atoms with E-state index in [1.807, 2.05) is 24.8 Å². The average molecular weight is 1490 g/mol. The number of pyridine rings is 7. The average Bonchev–Trinajstić information content (AvgIpc) is 1.65. The van der Waals surface area contributed by atoms with E-state index in [4.69, 9.17) is 0 Å². The fourth-order valence-corrected chi connectivity index (χ4v) is 18.9. The molecule has 7 heteroatoms. The minimum absolute atomic E-state index is 1.04. The van der Waals surface area contributed by atoms with E-state index in [2.05, 4.69) is 328 Å². The summed E-state index contributed by atoms with van der Waals surface area (Å²) in [6.45, 7) is 49.4. The SMILES string of the molecule is Cc1ccc2c(c1)-c1c(C)c(C)nc(C)c1C2.Cc1ccc2c(c1)-c1c(cnc(C)c1C)C2.Cc1ccc2c(c1)Cc1cnc(C)c(C)c1-2.Cc1cccc2c1-c1c(C)c(C)nc(C)c1C2.Cc1cccc2c1-c1c(cnc(C)c1C)C2.Cc1cccc2c1Cc1cnc(C)c(C)c1-2.Cc1nc(C)c2c(c1C)-c1ccccc1C2. The molecule has 0 bridgehead atoms. The number of hydrogen-bond donors (Lipinski definition) is 0. The van der Waals surface area contributed by atoms with Gasteiger partial charge in [0.2, 0.25) is 0 Å². The molecule has 572 valence electrons. The molecule has 0 N–H and O–H groups in total. The zero-order valence-corrected chi connectivity index (χ0v) is 71.6. The van der Waals surface area contributed by atoms with Gasteiger partial charge in [0.1, 0.15) is 0 Å². The summed E-state index contributed by atoms with van der Waals surface area (Å²) in [4.78, 5) is 31.8. The van der Waals surface area contributed by atoms with Gasteiger partial charge in [-0.3, -0.25) is 34.9 Å². The Hall–Kier alpha value is -11.4. The van der Waals surface area contributed by atoms with Gasteiger partial charge in [-0.15, -0.1) is 0 Å². The first-order valence-electron chi connectivity index (χ1n) is 40.9. The maximum absolute atomic E-state index is 4.66. The van der Waals surface area contributed by atoms with E-state index in [1.165, 1.54) is 245 Å². The highest BCUT2D eigenvalue weighted by molar-refractivity contribution is 5.87. The molecule has 0 fully saturated rings. The Labute approximate surface area is 678 Å². The van der Waals surface area contributed by atoms with Crippen molar-refractivity contribution in [2.45, 2.75) is 204 Å². The van der Waals surface area contributed by atoms with Gasteiger partial charge in [-0.05, 0) is 371 Å². The Morgan fingerprint density at radius 1 is 0.184 bits per heavy atom. The molecule has 0 atom stereocenters. The third kappa shape index (κ3) is 14.3. The molecule has 7 aromatic carbocycles. The third-order valence-corrected chi connectivity index (χ3v) is 26.0. The van der Waals surface area contributed by atoms with Gasteiger partial charge in [0.05, 0.1) is 0 Å². The van der Waals surface area contributed by atoms with Gasteiger partial charge in [0.15, 0.2) is 0 Å². The summed E-state index contributed by atoms with van der Waals surface area (Å²) < 4.78 is 0. The fourth-order valence-electron chi connectivity index (χ4n) is 18.9. The molecule has 0 radical (unpaired) electrons. The van der Waals surface area contributed by atoms with Gasteiger partial charge in [-0.1, -0.05) is 150 Å². The normalized spacial score (nSPS) is 12.4. The highest BCUT2D eigenvalue weighted by Gasteiger charge is 2.30. The van der Waals surface area contributed by atoms with Crippen LogP contribution in [0.15, 0.2) is 158 Å². The van der Waals surface area contributed by atoms with Gasteiger partial charge < -0.3 is 0 Å². The van der Waals surface area contributed by atoms with E-state index >= 15 is 0 Å². The molecular weight excluding hydrogens is 1380 g/mol. The molecule has 7 aromatic heterocycles. The van der Waals surface area contributed by atoms with Crippen LogP contribution >= 0.6 is 0 Å². The highest BCUT2D eigenvalue weighted by Crippen LogP contribution is 2.48. The third-order valence-electron chi connectivity index (χ3n) is 26.0. The quantitative estimate of drug-likeness (QED) is 0.149. The fraction of sp³-hybridized carbons (Fsp3) is 0.280. The predicted octanol–water partition coefficient (Wildman–Crippen LogP) is 25.7. The van der Waals surface area contributed by atoms with E-state index in [-0.39, 0.29) is 0 Å². The zero-order chi connectivity index (χ0) is 80.7. The van der Waals surface area contributed by atoms with Crippen LogP contribution in [0.3, 0.4) is 0 Å². The number of fused-ring (bicyclic) bond motifs is 21. The summed E-state index contributed by atoms with van der Waals surface area (Å²) in [6, 6.07) is 48.7. The summed E-state index contributed by atoms with van der Waals surface area (Å²) in [6.07, 6.45) is 15.5. The molecule has 0 aliphatic heterocycles. The van der Waals surface area contributed by atoms with Crippen LogP contribution < -0.4 is 0 Å². The molecule has 7 aliphatic rings. The monoisotopic (exact) mass is 1490 g/mol. The number of aryl methyl sites for hydroxylation is 16. The Balaban J connectivity index is 0.000000105. The Bertz CT molecular complexity index is 6280. The lowest BCUT2D eigenvalue weighted by Crippen LogP contribution is -1.98. The van der Waals surface area contributed by atoms with Crippen LogP contribution in [0.1, 0.15) is 207 Å². The van der Waals surface area contributed by atoms with E-state index < -0.39 is 0 Å². The predicted molar refractivity (Wildman–Crippen MR) is 476 cm³/mol. The Kier molecular flexibility index (Phi) is 21.3. The zero-order valence-electron chi connectivity index (χ0n) is 71.6. The minimum atomic E-state index is 1.04. The van der Waals surface area contributed by atoms with Crippen LogP contribution in [-0.4, -0.2) is 34.9 Å². The molecule has 0 saturated carbocycles. The highest BCUT2D eigenvalue weighted by atomic mass is 14.7. The summed E-state index contributed by atoms with van der Waals surface area (Å²) in [5, 5.41) is 0. The van der Waals surface area contributed by atoms with Crippen molar-refractivity contribution in [1.29, 1.82) is 0 Å². The second-order valence-electron chi connectivity index (χ2n) is 33.5. The van der Waals surface area contributed by atoms with E-state index in [9.17, 15) is 0 Å². The van der Waals surface area contributed by atoms with Crippen molar-refractivity contribution >= 4 is 0 Å².